The summed E-state index contributed by atoms with van der Waals surface area (Å²) in [7, 11) is 0. The molecule has 1 N–H and O–H groups in total. The molecule has 2 aliphatic heterocycles. The molecule has 0 aliphatic carbocycles. The van der Waals surface area contributed by atoms with Crippen LogP contribution in [0, 0.1) is 5.92 Å². The van der Waals surface area contributed by atoms with Gasteiger partial charge in [0.15, 0.2) is 0 Å². The maximum Gasteiger partial charge on any atom is 0.125 e. The molecule has 2 fully saturated rings. The minimum Gasteiger partial charge on any atom is -0.377 e. The molecule has 0 saturated carbocycles. The molecule has 25 heavy (non-hydrogen) atoms. The number of nitrogens with zero attached hydrogens (tertiary/aromatic N) is 2. The lowest BCUT2D eigenvalue weighted by molar-refractivity contribution is -0.0561. The average Bonchev–Trinajstić information content (AvgIpc) is 3.23. The number of rotatable bonds is 5. The fraction of sp³-hybridized carbons (Fsp3) is 0.526. The lowest BCUT2D eigenvalue weighted by Crippen LogP contribution is -2.43. The second kappa shape index (κ2) is 7.83. The topological polar surface area (TPSA) is 46.6 Å². The molecule has 5 nitrogen and oxygen atoms in total. The van der Waals surface area contributed by atoms with Crippen molar-refractivity contribution in [1.82, 2.24) is 9.88 Å². The first kappa shape index (κ1) is 17.0. The summed E-state index contributed by atoms with van der Waals surface area (Å²) in [5.41, 5.74) is -0.162. The molecule has 2 aromatic rings. The largest absolute Gasteiger partial charge is 0.377 e. The van der Waals surface area contributed by atoms with Crippen molar-refractivity contribution in [2.75, 3.05) is 44.8 Å². The third-order valence-corrected chi connectivity index (χ3v) is 5.77. The minimum atomic E-state index is -0.162. The highest BCUT2D eigenvalue weighted by atomic mass is 32.1. The first-order valence-electron chi connectivity index (χ1n) is 8.93. The van der Waals surface area contributed by atoms with Gasteiger partial charge in [0.25, 0.3) is 0 Å². The van der Waals surface area contributed by atoms with Crippen molar-refractivity contribution < 1.29 is 9.47 Å². The summed E-state index contributed by atoms with van der Waals surface area (Å²) < 4.78 is 12.2. The van der Waals surface area contributed by atoms with E-state index in [1.807, 2.05) is 35.7 Å². The predicted octanol–water partition coefficient (Wildman–Crippen LogP) is 2.86. The van der Waals surface area contributed by atoms with Crippen LogP contribution >= 0.6 is 11.3 Å². The van der Waals surface area contributed by atoms with E-state index in [-0.39, 0.29) is 5.60 Å². The average molecular weight is 359 g/mol. The molecule has 4 rings (SSSR count). The van der Waals surface area contributed by atoms with E-state index < -0.39 is 0 Å². The van der Waals surface area contributed by atoms with Gasteiger partial charge in [-0.05, 0) is 30.0 Å². The zero-order valence-corrected chi connectivity index (χ0v) is 15.2. The summed E-state index contributed by atoms with van der Waals surface area (Å²) in [6.45, 7) is 6.08. The Labute approximate surface area is 153 Å². The summed E-state index contributed by atoms with van der Waals surface area (Å²) >= 11 is 1.82. The molecule has 6 heteroatoms. The molecule has 0 bridgehead atoms. The highest BCUT2D eigenvalue weighted by Gasteiger charge is 2.43. The van der Waals surface area contributed by atoms with Gasteiger partial charge >= 0.3 is 0 Å². The van der Waals surface area contributed by atoms with Gasteiger partial charge in [-0.2, -0.15) is 0 Å². The van der Waals surface area contributed by atoms with E-state index in [2.05, 4.69) is 32.7 Å². The first-order valence-corrected chi connectivity index (χ1v) is 9.81. The Morgan fingerprint density at radius 1 is 1.32 bits per heavy atom. The van der Waals surface area contributed by atoms with Crippen molar-refractivity contribution in [2.24, 2.45) is 5.92 Å². The fourth-order valence-corrected chi connectivity index (χ4v) is 4.48. The Bertz CT molecular complexity index is 652. The summed E-state index contributed by atoms with van der Waals surface area (Å²) in [6, 6.07) is 10.3. The van der Waals surface area contributed by atoms with Gasteiger partial charge < -0.3 is 14.8 Å². The van der Waals surface area contributed by atoms with Gasteiger partial charge in [-0.3, -0.25) is 4.90 Å². The summed E-state index contributed by atoms with van der Waals surface area (Å²) in [6.07, 6.45) is 2.85. The minimum absolute atomic E-state index is 0.162. The zero-order valence-electron chi connectivity index (χ0n) is 14.4. The van der Waals surface area contributed by atoms with E-state index in [1.54, 1.807) is 0 Å². The molecule has 2 aliphatic rings. The van der Waals surface area contributed by atoms with E-state index in [4.69, 9.17) is 9.47 Å². The number of nitrogens with one attached hydrogen (secondary N) is 1. The Kier molecular flexibility index (Phi) is 5.31. The molecule has 1 spiro atoms. The Balaban J connectivity index is 1.34. The van der Waals surface area contributed by atoms with E-state index in [1.165, 1.54) is 4.88 Å². The number of hydrogen-bond donors (Lipinski definition) is 1. The second-order valence-corrected chi connectivity index (χ2v) is 8.03. The van der Waals surface area contributed by atoms with Crippen molar-refractivity contribution >= 4 is 17.2 Å². The lowest BCUT2D eigenvalue weighted by Gasteiger charge is -2.31. The van der Waals surface area contributed by atoms with E-state index in [0.717, 1.165) is 51.6 Å². The lowest BCUT2D eigenvalue weighted by atomic mass is 9.94. The van der Waals surface area contributed by atoms with Gasteiger partial charge in [-0.25, -0.2) is 4.98 Å². The van der Waals surface area contributed by atoms with Crippen LogP contribution in [-0.4, -0.2) is 54.9 Å². The molecule has 0 unspecified atom stereocenters. The monoisotopic (exact) mass is 359 g/mol. The molecule has 4 heterocycles. The highest BCUT2D eigenvalue weighted by molar-refractivity contribution is 7.09. The smallest absolute Gasteiger partial charge is 0.125 e. The van der Waals surface area contributed by atoms with Crippen molar-refractivity contribution in [3.8, 4) is 0 Å². The Morgan fingerprint density at radius 3 is 3.16 bits per heavy atom. The van der Waals surface area contributed by atoms with Crippen molar-refractivity contribution in [3.05, 3.63) is 46.8 Å². The SMILES string of the molecule is c1ccc(NC[C@H]2CO[C@@]3(COCCN(Cc4cccs4)C3)C2)nc1. The van der Waals surface area contributed by atoms with Crippen LogP contribution in [0.1, 0.15) is 11.3 Å². The summed E-state index contributed by atoms with van der Waals surface area (Å²) in [4.78, 5) is 8.21. The third-order valence-electron chi connectivity index (χ3n) is 4.91. The van der Waals surface area contributed by atoms with E-state index in [9.17, 15) is 0 Å². The highest BCUT2D eigenvalue weighted by Crippen LogP contribution is 2.33. The van der Waals surface area contributed by atoms with Gasteiger partial charge in [0, 0.05) is 43.2 Å². The van der Waals surface area contributed by atoms with Crippen LogP contribution in [0.4, 0.5) is 5.82 Å². The first-order chi connectivity index (χ1) is 12.3. The number of ether oxygens (including phenoxy) is 2. The molecule has 2 atom stereocenters. The van der Waals surface area contributed by atoms with Crippen molar-refractivity contribution in [1.29, 1.82) is 0 Å². The molecule has 2 aromatic heterocycles. The second-order valence-electron chi connectivity index (χ2n) is 7.00. The normalized spacial score (nSPS) is 27.4. The Hall–Kier alpha value is -1.47. The van der Waals surface area contributed by atoms with E-state index in [0.29, 0.717) is 12.5 Å². The van der Waals surface area contributed by atoms with Gasteiger partial charge in [-0.15, -0.1) is 11.3 Å². The Morgan fingerprint density at radius 2 is 2.32 bits per heavy atom. The van der Waals surface area contributed by atoms with Crippen LogP contribution < -0.4 is 5.32 Å². The van der Waals surface area contributed by atoms with Crippen LogP contribution in [-0.2, 0) is 16.0 Å². The summed E-state index contributed by atoms with van der Waals surface area (Å²) in [5, 5.41) is 5.57. The van der Waals surface area contributed by atoms with Crippen LogP contribution in [0.15, 0.2) is 41.9 Å². The molecule has 0 aromatic carbocycles. The van der Waals surface area contributed by atoms with Crippen molar-refractivity contribution in [2.45, 2.75) is 18.6 Å². The van der Waals surface area contributed by atoms with Crippen molar-refractivity contribution in [3.63, 3.8) is 0 Å². The van der Waals surface area contributed by atoms with Crippen LogP contribution in [0.5, 0.6) is 0 Å². The molecule has 0 amide bonds. The van der Waals surface area contributed by atoms with Gasteiger partial charge in [-0.1, -0.05) is 12.1 Å². The fourth-order valence-electron chi connectivity index (χ4n) is 3.74. The number of hydrogen-bond acceptors (Lipinski definition) is 6. The van der Waals surface area contributed by atoms with Gasteiger partial charge in [0.05, 0.1) is 19.8 Å². The molecular formula is C19H25N3O2S. The maximum atomic E-state index is 6.29. The quantitative estimate of drug-likeness (QED) is 0.889. The van der Waals surface area contributed by atoms with E-state index >= 15 is 0 Å². The number of aromatic nitrogens is 1. The predicted molar refractivity (Wildman–Crippen MR) is 99.9 cm³/mol. The standard InChI is InChI=1S/C19H25N3O2S/c1-2-6-20-18(5-1)21-11-16-10-19(24-13-16)14-22(7-8-23-15-19)12-17-4-3-9-25-17/h1-6,9,16H,7-8,10-15H2,(H,20,21)/t16-,19-/m0/s1. The third kappa shape index (κ3) is 4.39. The molecular weight excluding hydrogens is 334 g/mol. The summed E-state index contributed by atoms with van der Waals surface area (Å²) in [5.74, 6) is 1.42. The number of anilines is 1. The van der Waals surface area contributed by atoms with Gasteiger partial charge in [0.1, 0.15) is 11.4 Å². The van der Waals surface area contributed by atoms with Crippen LogP contribution in [0.25, 0.3) is 0 Å². The van der Waals surface area contributed by atoms with Crippen LogP contribution in [0.3, 0.4) is 0 Å². The number of pyridine rings is 1. The van der Waals surface area contributed by atoms with Gasteiger partial charge in [0.2, 0.25) is 0 Å². The maximum absolute atomic E-state index is 6.29. The molecule has 2 saturated heterocycles. The zero-order chi connectivity index (χ0) is 17.0. The molecule has 134 valence electrons. The molecule has 0 radical (unpaired) electrons. The number of thiophene rings is 1. The van der Waals surface area contributed by atoms with Crippen LogP contribution in [0.2, 0.25) is 0 Å².